The summed E-state index contributed by atoms with van der Waals surface area (Å²) in [6.45, 7) is 6.65. The highest BCUT2D eigenvalue weighted by molar-refractivity contribution is 5.52. The summed E-state index contributed by atoms with van der Waals surface area (Å²) in [7, 11) is 0. The molecular formula is C15H23N5O2. The lowest BCUT2D eigenvalue weighted by atomic mass is 10.2. The molecule has 2 aliphatic heterocycles. The van der Waals surface area contributed by atoms with Crippen molar-refractivity contribution in [2.45, 2.75) is 25.9 Å². The van der Waals surface area contributed by atoms with E-state index in [9.17, 15) is 4.79 Å². The molecule has 1 aromatic heterocycles. The van der Waals surface area contributed by atoms with Crippen LogP contribution in [-0.2, 0) is 9.53 Å². The molecule has 1 amide bonds. The van der Waals surface area contributed by atoms with Crippen LogP contribution in [0.2, 0.25) is 0 Å². The molecule has 0 aliphatic carbocycles. The van der Waals surface area contributed by atoms with E-state index in [2.05, 4.69) is 20.2 Å². The van der Waals surface area contributed by atoms with Crippen LogP contribution in [0.4, 0.5) is 11.6 Å². The topological polar surface area (TPSA) is 70.6 Å². The monoisotopic (exact) mass is 305 g/mol. The van der Waals surface area contributed by atoms with E-state index in [1.165, 1.54) is 0 Å². The van der Waals surface area contributed by atoms with Crippen molar-refractivity contribution >= 4 is 18.0 Å². The maximum atomic E-state index is 10.8. The van der Waals surface area contributed by atoms with E-state index in [-0.39, 0.29) is 6.10 Å². The van der Waals surface area contributed by atoms with Gasteiger partial charge in [-0.2, -0.15) is 0 Å². The smallest absolute Gasteiger partial charge is 0.209 e. The molecule has 0 spiro atoms. The first-order valence-corrected chi connectivity index (χ1v) is 7.90. The number of nitrogens with zero attached hydrogens (tertiary/aromatic N) is 4. The van der Waals surface area contributed by atoms with Gasteiger partial charge in [0.1, 0.15) is 17.5 Å². The molecular weight excluding hydrogens is 282 g/mol. The van der Waals surface area contributed by atoms with Crippen molar-refractivity contribution in [2.75, 3.05) is 49.5 Å². The molecule has 1 unspecified atom stereocenters. The zero-order valence-corrected chi connectivity index (χ0v) is 13.0. The molecule has 0 aromatic carbocycles. The average molecular weight is 305 g/mol. The van der Waals surface area contributed by atoms with Crippen LogP contribution in [-0.4, -0.2) is 66.7 Å². The Bertz CT molecular complexity index is 511. The fourth-order valence-corrected chi connectivity index (χ4v) is 2.88. The molecule has 2 fully saturated rings. The van der Waals surface area contributed by atoms with E-state index < -0.39 is 0 Å². The van der Waals surface area contributed by atoms with Crippen molar-refractivity contribution in [3.05, 3.63) is 11.9 Å². The number of amides is 1. The summed E-state index contributed by atoms with van der Waals surface area (Å²) < 4.78 is 5.62. The minimum atomic E-state index is 0.287. The zero-order valence-electron chi connectivity index (χ0n) is 13.0. The van der Waals surface area contributed by atoms with Crippen LogP contribution in [0.25, 0.3) is 0 Å². The van der Waals surface area contributed by atoms with Crippen LogP contribution in [0.1, 0.15) is 18.7 Å². The molecule has 22 heavy (non-hydrogen) atoms. The van der Waals surface area contributed by atoms with Gasteiger partial charge in [0.2, 0.25) is 6.41 Å². The van der Waals surface area contributed by atoms with E-state index in [0.717, 1.165) is 76.0 Å². The van der Waals surface area contributed by atoms with Crippen LogP contribution in [0.15, 0.2) is 6.07 Å². The molecule has 120 valence electrons. The minimum Gasteiger partial charge on any atom is -0.376 e. The predicted octanol–water partition coefficient (Wildman–Crippen LogP) is 0.654. The third-order valence-corrected chi connectivity index (χ3v) is 4.15. The Balaban J connectivity index is 1.63. The second kappa shape index (κ2) is 6.91. The van der Waals surface area contributed by atoms with E-state index >= 15 is 0 Å². The van der Waals surface area contributed by atoms with Gasteiger partial charge in [-0.05, 0) is 19.8 Å². The summed E-state index contributed by atoms with van der Waals surface area (Å²) in [5, 5.41) is 3.36. The van der Waals surface area contributed by atoms with Gasteiger partial charge in [0, 0.05) is 45.4 Å². The highest BCUT2D eigenvalue weighted by Gasteiger charge is 2.19. The number of rotatable bonds is 5. The minimum absolute atomic E-state index is 0.287. The number of piperazine rings is 1. The highest BCUT2D eigenvalue weighted by atomic mass is 16.5. The number of aromatic nitrogens is 2. The summed E-state index contributed by atoms with van der Waals surface area (Å²) in [4.78, 5) is 23.7. The summed E-state index contributed by atoms with van der Waals surface area (Å²) in [6, 6.07) is 1.98. The van der Waals surface area contributed by atoms with Gasteiger partial charge in [-0.15, -0.1) is 0 Å². The number of carbonyl (C=O) groups excluding carboxylic acids is 1. The Morgan fingerprint density at radius 1 is 1.36 bits per heavy atom. The van der Waals surface area contributed by atoms with E-state index in [4.69, 9.17) is 4.74 Å². The Kier molecular flexibility index (Phi) is 4.72. The quantitative estimate of drug-likeness (QED) is 0.806. The lowest BCUT2D eigenvalue weighted by Crippen LogP contribution is -2.46. The number of hydrogen-bond acceptors (Lipinski definition) is 6. The Hall–Kier alpha value is -1.89. The van der Waals surface area contributed by atoms with Crippen molar-refractivity contribution < 1.29 is 9.53 Å². The molecule has 7 heteroatoms. The fourth-order valence-electron chi connectivity index (χ4n) is 2.88. The lowest BCUT2D eigenvalue weighted by Gasteiger charge is -2.33. The second-order valence-electron chi connectivity index (χ2n) is 5.80. The summed E-state index contributed by atoms with van der Waals surface area (Å²) in [5.41, 5.74) is 0. The van der Waals surface area contributed by atoms with Gasteiger partial charge in [-0.1, -0.05) is 0 Å². The van der Waals surface area contributed by atoms with Gasteiger partial charge >= 0.3 is 0 Å². The molecule has 0 bridgehead atoms. The van der Waals surface area contributed by atoms with Gasteiger partial charge < -0.3 is 19.9 Å². The van der Waals surface area contributed by atoms with E-state index in [1.54, 1.807) is 4.90 Å². The van der Waals surface area contributed by atoms with Crippen molar-refractivity contribution in [1.29, 1.82) is 0 Å². The fraction of sp³-hybridized carbons (Fsp3) is 0.667. The van der Waals surface area contributed by atoms with Crippen LogP contribution in [0, 0.1) is 6.92 Å². The number of ether oxygens (including phenoxy) is 1. The number of anilines is 2. The first-order valence-electron chi connectivity index (χ1n) is 7.90. The van der Waals surface area contributed by atoms with E-state index in [1.807, 2.05) is 13.0 Å². The molecule has 1 aromatic rings. The largest absolute Gasteiger partial charge is 0.376 e. The molecule has 2 saturated heterocycles. The molecule has 2 aliphatic rings. The van der Waals surface area contributed by atoms with Gasteiger partial charge in [-0.25, -0.2) is 9.97 Å². The molecule has 3 rings (SSSR count). The summed E-state index contributed by atoms with van der Waals surface area (Å²) in [5.74, 6) is 2.52. The summed E-state index contributed by atoms with van der Waals surface area (Å²) in [6.07, 6.45) is 3.45. The average Bonchev–Trinajstić information content (AvgIpc) is 3.06. The van der Waals surface area contributed by atoms with Crippen molar-refractivity contribution in [2.24, 2.45) is 0 Å². The summed E-state index contributed by atoms with van der Waals surface area (Å²) >= 11 is 0. The normalized spacial score (nSPS) is 22.0. The molecule has 7 nitrogen and oxygen atoms in total. The molecule has 1 N–H and O–H groups in total. The third kappa shape index (κ3) is 3.65. The van der Waals surface area contributed by atoms with Gasteiger partial charge in [-0.3, -0.25) is 4.79 Å². The lowest BCUT2D eigenvalue weighted by molar-refractivity contribution is -0.118. The standard InChI is InChI=1S/C15H23N5O2/c1-12-17-14(16-10-13-3-2-8-22-13)9-15(18-12)20-6-4-19(11-21)5-7-20/h9,11,13H,2-8,10H2,1H3,(H,16,17,18). The first-order chi connectivity index (χ1) is 10.7. The SMILES string of the molecule is Cc1nc(NCC2CCCO2)cc(N2CCN(C=O)CC2)n1. The molecule has 1 atom stereocenters. The van der Waals surface area contributed by atoms with Gasteiger partial charge in [0.05, 0.1) is 6.10 Å². The Morgan fingerprint density at radius 2 is 2.18 bits per heavy atom. The van der Waals surface area contributed by atoms with Gasteiger partial charge in [0.25, 0.3) is 0 Å². The predicted molar refractivity (Wildman–Crippen MR) is 84.1 cm³/mol. The van der Waals surface area contributed by atoms with Crippen molar-refractivity contribution in [1.82, 2.24) is 14.9 Å². The zero-order chi connectivity index (χ0) is 15.4. The molecule has 3 heterocycles. The van der Waals surface area contributed by atoms with Crippen LogP contribution < -0.4 is 10.2 Å². The molecule has 0 radical (unpaired) electrons. The van der Waals surface area contributed by atoms with Crippen molar-refractivity contribution in [3.8, 4) is 0 Å². The third-order valence-electron chi connectivity index (χ3n) is 4.15. The van der Waals surface area contributed by atoms with E-state index in [0.29, 0.717) is 0 Å². The second-order valence-corrected chi connectivity index (χ2v) is 5.80. The van der Waals surface area contributed by atoms with Crippen LogP contribution >= 0.6 is 0 Å². The molecule has 0 saturated carbocycles. The number of carbonyl (C=O) groups is 1. The van der Waals surface area contributed by atoms with Crippen LogP contribution in [0.3, 0.4) is 0 Å². The highest BCUT2D eigenvalue weighted by Crippen LogP contribution is 2.18. The Labute approximate surface area is 130 Å². The van der Waals surface area contributed by atoms with Crippen molar-refractivity contribution in [3.63, 3.8) is 0 Å². The van der Waals surface area contributed by atoms with Gasteiger partial charge in [0.15, 0.2) is 0 Å². The number of nitrogens with one attached hydrogen (secondary N) is 1. The maximum absolute atomic E-state index is 10.8. The Morgan fingerprint density at radius 3 is 2.86 bits per heavy atom. The number of hydrogen-bond donors (Lipinski definition) is 1. The first kappa shape index (κ1) is 15.0. The van der Waals surface area contributed by atoms with Crippen LogP contribution in [0.5, 0.6) is 0 Å². The maximum Gasteiger partial charge on any atom is 0.209 e. The number of aryl methyl sites for hydroxylation is 1.